The summed E-state index contributed by atoms with van der Waals surface area (Å²) in [5.74, 6) is 0. The highest BCUT2D eigenvalue weighted by Gasteiger charge is 2.44. The standard InChI is InChI=1S/C15H24N2OS/c16-14(11-13-3-10-19-12-13)15(4-1-2-5-15)17-6-8-18-9-7-17/h3,10,12,14H,1-2,4-9,11,16H2. The molecule has 1 saturated carbocycles. The van der Waals surface area contributed by atoms with Crippen LogP contribution in [-0.4, -0.2) is 42.8 Å². The smallest absolute Gasteiger partial charge is 0.0594 e. The predicted octanol–water partition coefficient (Wildman–Crippen LogP) is 2.26. The maximum atomic E-state index is 6.66. The Labute approximate surface area is 119 Å². The number of nitrogens with two attached hydrogens (primary N) is 1. The summed E-state index contributed by atoms with van der Waals surface area (Å²) in [6, 6.07) is 2.47. The first kappa shape index (κ1) is 13.6. The van der Waals surface area contributed by atoms with Crippen molar-refractivity contribution in [1.82, 2.24) is 4.90 Å². The second-order valence-electron chi connectivity index (χ2n) is 5.85. The third-order valence-electron chi connectivity index (χ3n) is 4.84. The van der Waals surface area contributed by atoms with E-state index in [0.29, 0.717) is 0 Å². The molecule has 19 heavy (non-hydrogen) atoms. The number of rotatable bonds is 4. The fourth-order valence-electron chi connectivity index (χ4n) is 3.77. The average molecular weight is 280 g/mol. The molecule has 2 fully saturated rings. The van der Waals surface area contributed by atoms with Gasteiger partial charge in [0.25, 0.3) is 0 Å². The van der Waals surface area contributed by atoms with E-state index < -0.39 is 0 Å². The Bertz CT molecular complexity index is 381. The van der Waals surface area contributed by atoms with Crippen LogP contribution in [-0.2, 0) is 11.2 Å². The van der Waals surface area contributed by atoms with Crippen LogP contribution in [0.2, 0.25) is 0 Å². The summed E-state index contributed by atoms with van der Waals surface area (Å²) in [5.41, 5.74) is 8.29. The van der Waals surface area contributed by atoms with Crippen molar-refractivity contribution in [3.05, 3.63) is 22.4 Å². The molecule has 0 amide bonds. The van der Waals surface area contributed by atoms with Crippen molar-refractivity contribution in [3.63, 3.8) is 0 Å². The lowest BCUT2D eigenvalue weighted by atomic mass is 9.83. The lowest BCUT2D eigenvalue weighted by molar-refractivity contribution is -0.0305. The van der Waals surface area contributed by atoms with Crippen molar-refractivity contribution in [1.29, 1.82) is 0 Å². The van der Waals surface area contributed by atoms with E-state index in [9.17, 15) is 0 Å². The maximum absolute atomic E-state index is 6.66. The van der Waals surface area contributed by atoms with Crippen molar-refractivity contribution in [2.75, 3.05) is 26.3 Å². The first-order valence-corrected chi connectivity index (χ1v) is 8.35. The zero-order chi connectivity index (χ0) is 13.1. The SMILES string of the molecule is NC(Cc1ccsc1)C1(N2CCOCC2)CCCC1. The molecule has 1 aromatic rings. The molecule has 2 N–H and O–H groups in total. The van der Waals surface area contributed by atoms with Gasteiger partial charge in [-0.2, -0.15) is 11.3 Å². The molecule has 1 aromatic heterocycles. The minimum atomic E-state index is 0.228. The monoisotopic (exact) mass is 280 g/mol. The molecule has 0 bridgehead atoms. The number of morpholine rings is 1. The van der Waals surface area contributed by atoms with Gasteiger partial charge in [-0.3, -0.25) is 4.90 Å². The molecule has 1 saturated heterocycles. The van der Waals surface area contributed by atoms with Crippen LogP contribution in [0.3, 0.4) is 0 Å². The molecule has 106 valence electrons. The van der Waals surface area contributed by atoms with E-state index in [1.807, 2.05) is 0 Å². The van der Waals surface area contributed by atoms with Crippen molar-refractivity contribution in [2.45, 2.75) is 43.7 Å². The zero-order valence-electron chi connectivity index (χ0n) is 11.5. The van der Waals surface area contributed by atoms with Gasteiger partial charge in [0, 0.05) is 24.7 Å². The molecule has 1 unspecified atom stereocenters. The summed E-state index contributed by atoms with van der Waals surface area (Å²) in [6.45, 7) is 3.84. The van der Waals surface area contributed by atoms with E-state index in [1.165, 1.54) is 31.2 Å². The van der Waals surface area contributed by atoms with Gasteiger partial charge in [-0.15, -0.1) is 0 Å². The first-order valence-electron chi connectivity index (χ1n) is 7.41. The van der Waals surface area contributed by atoms with E-state index in [-0.39, 0.29) is 11.6 Å². The van der Waals surface area contributed by atoms with Crippen LogP contribution in [0.15, 0.2) is 16.8 Å². The molecule has 3 rings (SSSR count). The third-order valence-corrected chi connectivity index (χ3v) is 5.57. The summed E-state index contributed by atoms with van der Waals surface area (Å²) < 4.78 is 5.51. The van der Waals surface area contributed by atoms with E-state index >= 15 is 0 Å². The second-order valence-corrected chi connectivity index (χ2v) is 6.63. The summed E-state index contributed by atoms with van der Waals surface area (Å²) in [5, 5.41) is 4.39. The summed E-state index contributed by atoms with van der Waals surface area (Å²) in [6.07, 6.45) is 6.20. The largest absolute Gasteiger partial charge is 0.379 e. The number of nitrogens with zero attached hydrogens (tertiary/aromatic N) is 1. The van der Waals surface area contributed by atoms with Gasteiger partial charge >= 0.3 is 0 Å². The van der Waals surface area contributed by atoms with Crippen molar-refractivity contribution < 1.29 is 4.74 Å². The van der Waals surface area contributed by atoms with Crippen LogP contribution in [0.1, 0.15) is 31.2 Å². The lowest BCUT2D eigenvalue weighted by Crippen LogP contribution is -2.61. The Morgan fingerprint density at radius 1 is 1.32 bits per heavy atom. The van der Waals surface area contributed by atoms with Crippen molar-refractivity contribution in [3.8, 4) is 0 Å². The summed E-state index contributed by atoms with van der Waals surface area (Å²) in [4.78, 5) is 2.63. The van der Waals surface area contributed by atoms with Crippen LogP contribution in [0.5, 0.6) is 0 Å². The van der Waals surface area contributed by atoms with E-state index in [1.54, 1.807) is 11.3 Å². The Balaban J connectivity index is 1.75. The highest BCUT2D eigenvalue weighted by Crippen LogP contribution is 2.39. The quantitative estimate of drug-likeness (QED) is 0.919. The Hall–Kier alpha value is -0.420. The highest BCUT2D eigenvalue weighted by atomic mass is 32.1. The highest BCUT2D eigenvalue weighted by molar-refractivity contribution is 7.07. The molecule has 2 aliphatic rings. The van der Waals surface area contributed by atoms with Crippen molar-refractivity contribution in [2.24, 2.45) is 5.73 Å². The van der Waals surface area contributed by atoms with E-state index in [2.05, 4.69) is 21.7 Å². The van der Waals surface area contributed by atoms with Gasteiger partial charge in [0.1, 0.15) is 0 Å². The molecule has 3 nitrogen and oxygen atoms in total. The van der Waals surface area contributed by atoms with Crippen LogP contribution in [0, 0.1) is 0 Å². The Morgan fingerprint density at radius 2 is 2.05 bits per heavy atom. The average Bonchev–Trinajstić information content (AvgIpc) is 3.11. The van der Waals surface area contributed by atoms with Crippen LogP contribution < -0.4 is 5.73 Å². The van der Waals surface area contributed by atoms with Gasteiger partial charge in [-0.25, -0.2) is 0 Å². The van der Waals surface area contributed by atoms with Gasteiger partial charge < -0.3 is 10.5 Å². The zero-order valence-corrected chi connectivity index (χ0v) is 12.3. The number of thiophene rings is 1. The van der Waals surface area contributed by atoms with E-state index in [4.69, 9.17) is 10.5 Å². The molecule has 1 aliphatic heterocycles. The molecule has 4 heteroatoms. The van der Waals surface area contributed by atoms with Gasteiger partial charge in [0.05, 0.1) is 13.2 Å². The minimum absolute atomic E-state index is 0.228. The van der Waals surface area contributed by atoms with Gasteiger partial charge in [-0.05, 0) is 41.7 Å². The van der Waals surface area contributed by atoms with Gasteiger partial charge in [0.2, 0.25) is 0 Å². The number of ether oxygens (including phenoxy) is 1. The maximum Gasteiger partial charge on any atom is 0.0594 e. The van der Waals surface area contributed by atoms with Gasteiger partial charge in [-0.1, -0.05) is 12.8 Å². The third kappa shape index (κ3) is 2.72. The molecular weight excluding hydrogens is 256 g/mol. The second kappa shape index (κ2) is 5.92. The van der Waals surface area contributed by atoms with Crippen LogP contribution >= 0.6 is 11.3 Å². The summed E-state index contributed by atoms with van der Waals surface area (Å²) >= 11 is 1.77. The lowest BCUT2D eigenvalue weighted by Gasteiger charge is -2.47. The Kier molecular flexibility index (Phi) is 4.22. The Morgan fingerprint density at radius 3 is 2.68 bits per heavy atom. The molecule has 1 atom stereocenters. The number of hydrogen-bond donors (Lipinski definition) is 1. The minimum Gasteiger partial charge on any atom is -0.379 e. The fraction of sp³-hybridized carbons (Fsp3) is 0.733. The summed E-state index contributed by atoms with van der Waals surface area (Å²) in [7, 11) is 0. The molecule has 0 spiro atoms. The first-order chi connectivity index (χ1) is 9.31. The van der Waals surface area contributed by atoms with E-state index in [0.717, 1.165) is 32.7 Å². The van der Waals surface area contributed by atoms with Crippen LogP contribution in [0.25, 0.3) is 0 Å². The topological polar surface area (TPSA) is 38.5 Å². The fourth-order valence-corrected chi connectivity index (χ4v) is 4.45. The molecule has 1 aliphatic carbocycles. The number of hydrogen-bond acceptors (Lipinski definition) is 4. The van der Waals surface area contributed by atoms with Crippen molar-refractivity contribution >= 4 is 11.3 Å². The molecule has 0 aromatic carbocycles. The molecular formula is C15H24N2OS. The molecule has 0 radical (unpaired) electrons. The molecule has 2 heterocycles. The normalized spacial score (nSPS) is 25.5. The predicted molar refractivity (Wildman–Crippen MR) is 79.6 cm³/mol. The van der Waals surface area contributed by atoms with Crippen LogP contribution in [0.4, 0.5) is 0 Å². The van der Waals surface area contributed by atoms with Gasteiger partial charge in [0.15, 0.2) is 0 Å².